The van der Waals surface area contributed by atoms with Gasteiger partial charge in [-0.15, -0.1) is 0 Å². The average Bonchev–Trinajstić information content (AvgIpc) is 2.83. The standard InChI is InChI=1S/C14H19N3O4/c1-9-3-4-11(17(19)20)12(7-9)21-10-5-6-14(8-10,16-2)13(15)18/h3-4,7,10,16H,5-6,8H2,1-2H3,(H2,15,18). The number of likely N-dealkylation sites (N-methyl/N-ethyl adjacent to an activating group) is 1. The van der Waals surface area contributed by atoms with Crippen molar-refractivity contribution in [3.05, 3.63) is 33.9 Å². The second-order valence-corrected chi connectivity index (χ2v) is 5.41. The van der Waals surface area contributed by atoms with Crippen molar-refractivity contribution in [1.29, 1.82) is 0 Å². The van der Waals surface area contributed by atoms with Gasteiger partial charge in [0, 0.05) is 12.5 Å². The Morgan fingerprint density at radius 1 is 1.57 bits per heavy atom. The van der Waals surface area contributed by atoms with E-state index in [4.69, 9.17) is 10.5 Å². The molecule has 114 valence electrons. The van der Waals surface area contributed by atoms with E-state index in [1.807, 2.05) is 6.92 Å². The molecule has 21 heavy (non-hydrogen) atoms. The molecule has 1 aliphatic rings. The monoisotopic (exact) mass is 293 g/mol. The lowest BCUT2D eigenvalue weighted by molar-refractivity contribution is -0.386. The van der Waals surface area contributed by atoms with Gasteiger partial charge in [-0.25, -0.2) is 0 Å². The highest BCUT2D eigenvalue weighted by Crippen LogP contribution is 2.35. The van der Waals surface area contributed by atoms with Gasteiger partial charge < -0.3 is 15.8 Å². The summed E-state index contributed by atoms with van der Waals surface area (Å²) >= 11 is 0. The predicted molar refractivity (Wildman–Crippen MR) is 77.1 cm³/mol. The van der Waals surface area contributed by atoms with Crippen LogP contribution in [0.2, 0.25) is 0 Å². The molecule has 0 aromatic heterocycles. The highest BCUT2D eigenvalue weighted by molar-refractivity contribution is 5.85. The molecule has 2 rings (SSSR count). The summed E-state index contributed by atoms with van der Waals surface area (Å²) in [4.78, 5) is 22.1. The van der Waals surface area contributed by atoms with Crippen LogP contribution in [0, 0.1) is 17.0 Å². The first-order valence-corrected chi connectivity index (χ1v) is 6.78. The normalized spacial score (nSPS) is 24.8. The largest absolute Gasteiger partial charge is 0.483 e. The summed E-state index contributed by atoms with van der Waals surface area (Å²) in [6.45, 7) is 1.84. The molecule has 1 saturated carbocycles. The van der Waals surface area contributed by atoms with E-state index in [2.05, 4.69) is 5.32 Å². The van der Waals surface area contributed by atoms with E-state index in [1.54, 1.807) is 19.2 Å². The van der Waals surface area contributed by atoms with Gasteiger partial charge in [0.2, 0.25) is 5.91 Å². The number of aryl methyl sites for hydroxylation is 1. The van der Waals surface area contributed by atoms with E-state index in [9.17, 15) is 14.9 Å². The first kappa shape index (κ1) is 15.2. The lowest BCUT2D eigenvalue weighted by atomic mass is 9.97. The number of nitro groups is 1. The van der Waals surface area contributed by atoms with Crippen molar-refractivity contribution in [2.24, 2.45) is 5.73 Å². The number of nitrogens with one attached hydrogen (secondary N) is 1. The number of nitrogens with zero attached hydrogens (tertiary/aromatic N) is 1. The minimum atomic E-state index is -0.788. The van der Waals surface area contributed by atoms with Gasteiger partial charge in [-0.1, -0.05) is 6.07 Å². The van der Waals surface area contributed by atoms with Crippen LogP contribution in [0.25, 0.3) is 0 Å². The molecular weight excluding hydrogens is 274 g/mol. The zero-order valence-electron chi connectivity index (χ0n) is 12.1. The molecule has 0 radical (unpaired) electrons. The number of ether oxygens (including phenoxy) is 1. The third-order valence-corrected chi connectivity index (χ3v) is 4.03. The lowest BCUT2D eigenvalue weighted by Crippen LogP contribution is -2.52. The number of nitrogens with two attached hydrogens (primary N) is 1. The zero-order chi connectivity index (χ0) is 15.6. The maximum Gasteiger partial charge on any atom is 0.310 e. The van der Waals surface area contributed by atoms with E-state index >= 15 is 0 Å². The number of hydrogen-bond acceptors (Lipinski definition) is 5. The number of carbonyl (C=O) groups excluding carboxylic acids is 1. The van der Waals surface area contributed by atoms with Gasteiger partial charge in [0.15, 0.2) is 5.75 Å². The van der Waals surface area contributed by atoms with Crippen LogP contribution in [0.3, 0.4) is 0 Å². The van der Waals surface area contributed by atoms with E-state index < -0.39 is 16.4 Å². The quantitative estimate of drug-likeness (QED) is 0.628. The number of rotatable bonds is 5. The Bertz CT molecular complexity index is 575. The van der Waals surface area contributed by atoms with Crippen LogP contribution in [0.4, 0.5) is 5.69 Å². The zero-order valence-corrected chi connectivity index (χ0v) is 12.1. The summed E-state index contributed by atoms with van der Waals surface area (Å²) in [5.74, 6) is -0.184. The maximum atomic E-state index is 11.6. The Morgan fingerprint density at radius 3 is 2.81 bits per heavy atom. The summed E-state index contributed by atoms with van der Waals surface area (Å²) in [5, 5.41) is 14.0. The lowest BCUT2D eigenvalue weighted by Gasteiger charge is -2.24. The van der Waals surface area contributed by atoms with E-state index in [1.165, 1.54) is 6.07 Å². The molecule has 0 aliphatic heterocycles. The molecule has 1 amide bonds. The molecule has 0 spiro atoms. The molecule has 3 N–H and O–H groups in total. The van der Waals surface area contributed by atoms with Gasteiger partial charge in [-0.2, -0.15) is 0 Å². The van der Waals surface area contributed by atoms with Gasteiger partial charge in [0.05, 0.1) is 4.92 Å². The van der Waals surface area contributed by atoms with Gasteiger partial charge in [0.25, 0.3) is 0 Å². The second-order valence-electron chi connectivity index (χ2n) is 5.41. The van der Waals surface area contributed by atoms with Crippen molar-refractivity contribution < 1.29 is 14.5 Å². The molecule has 1 aromatic rings. The Kier molecular flexibility index (Phi) is 4.13. The molecule has 0 heterocycles. The van der Waals surface area contributed by atoms with Crippen LogP contribution in [0.15, 0.2) is 18.2 Å². The van der Waals surface area contributed by atoms with Crippen molar-refractivity contribution in [1.82, 2.24) is 5.32 Å². The molecule has 7 heteroatoms. The average molecular weight is 293 g/mol. The molecule has 1 aromatic carbocycles. The summed E-state index contributed by atoms with van der Waals surface area (Å²) < 4.78 is 5.77. The first-order valence-electron chi connectivity index (χ1n) is 6.78. The molecule has 7 nitrogen and oxygen atoms in total. The molecule has 0 saturated heterocycles. The second kappa shape index (κ2) is 5.69. The predicted octanol–water partition coefficient (Wildman–Crippen LogP) is 1.28. The maximum absolute atomic E-state index is 11.6. The van der Waals surface area contributed by atoms with Crippen LogP contribution < -0.4 is 15.8 Å². The van der Waals surface area contributed by atoms with Gasteiger partial charge in [-0.05, 0) is 38.4 Å². The molecule has 1 fully saturated rings. The Morgan fingerprint density at radius 2 is 2.29 bits per heavy atom. The smallest absolute Gasteiger partial charge is 0.310 e. The minimum Gasteiger partial charge on any atom is -0.483 e. The SMILES string of the molecule is CNC1(C(N)=O)CCC(Oc2cc(C)ccc2[N+](=O)[O-])C1. The van der Waals surface area contributed by atoms with Crippen LogP contribution in [-0.4, -0.2) is 29.5 Å². The molecule has 0 bridgehead atoms. The highest BCUT2D eigenvalue weighted by Gasteiger charge is 2.44. The molecule has 1 aliphatic carbocycles. The van der Waals surface area contributed by atoms with E-state index in [0.717, 1.165) is 5.56 Å². The van der Waals surface area contributed by atoms with Gasteiger partial charge in [0.1, 0.15) is 11.6 Å². The third-order valence-electron chi connectivity index (χ3n) is 4.03. The number of benzene rings is 1. The van der Waals surface area contributed by atoms with Gasteiger partial charge in [-0.3, -0.25) is 14.9 Å². The van der Waals surface area contributed by atoms with Crippen LogP contribution >= 0.6 is 0 Å². The highest BCUT2D eigenvalue weighted by atomic mass is 16.6. The van der Waals surface area contributed by atoms with Crippen LogP contribution in [-0.2, 0) is 4.79 Å². The first-order chi connectivity index (χ1) is 9.88. The third kappa shape index (κ3) is 2.97. The molecular formula is C14H19N3O4. The van der Waals surface area contributed by atoms with Crippen molar-refractivity contribution in [2.75, 3.05) is 7.05 Å². The van der Waals surface area contributed by atoms with E-state index in [0.29, 0.717) is 19.3 Å². The number of carbonyl (C=O) groups is 1. The molecule has 2 atom stereocenters. The van der Waals surface area contributed by atoms with Crippen molar-refractivity contribution in [3.8, 4) is 5.75 Å². The van der Waals surface area contributed by atoms with Crippen molar-refractivity contribution in [2.45, 2.75) is 37.8 Å². The summed E-state index contributed by atoms with van der Waals surface area (Å²) in [6.07, 6.45) is 1.31. The van der Waals surface area contributed by atoms with E-state index in [-0.39, 0.29) is 17.5 Å². The van der Waals surface area contributed by atoms with Crippen molar-refractivity contribution in [3.63, 3.8) is 0 Å². The molecule has 2 unspecified atom stereocenters. The van der Waals surface area contributed by atoms with Gasteiger partial charge >= 0.3 is 5.69 Å². The summed E-state index contributed by atoms with van der Waals surface area (Å²) in [5.41, 5.74) is 5.46. The minimum absolute atomic E-state index is 0.0679. The Hall–Kier alpha value is -2.15. The number of hydrogen-bond donors (Lipinski definition) is 2. The van der Waals surface area contributed by atoms with Crippen LogP contribution in [0.1, 0.15) is 24.8 Å². The fraction of sp³-hybridized carbons (Fsp3) is 0.500. The number of amides is 1. The Balaban J connectivity index is 2.19. The van der Waals surface area contributed by atoms with Crippen molar-refractivity contribution >= 4 is 11.6 Å². The Labute approximate surface area is 122 Å². The summed E-state index contributed by atoms with van der Waals surface area (Å²) in [7, 11) is 1.68. The fourth-order valence-corrected chi connectivity index (χ4v) is 2.72. The summed E-state index contributed by atoms with van der Waals surface area (Å²) in [6, 6.07) is 4.74. The van der Waals surface area contributed by atoms with Crippen LogP contribution in [0.5, 0.6) is 5.75 Å². The number of nitro benzene ring substituents is 1. The number of primary amides is 1. The fourth-order valence-electron chi connectivity index (χ4n) is 2.72. The topological polar surface area (TPSA) is 107 Å².